The van der Waals surface area contributed by atoms with Gasteiger partial charge in [-0.05, 0) is 51.7 Å². The highest BCUT2D eigenvalue weighted by atomic mass is 15.3. The molecule has 0 aromatic heterocycles. The molecule has 0 saturated carbocycles. The van der Waals surface area contributed by atoms with Crippen molar-refractivity contribution < 1.29 is 0 Å². The summed E-state index contributed by atoms with van der Waals surface area (Å²) in [5, 5.41) is 3.74. The molecular formula is C17H35N3. The summed E-state index contributed by atoms with van der Waals surface area (Å²) in [6, 6.07) is 2.27. The van der Waals surface area contributed by atoms with Crippen LogP contribution < -0.4 is 5.32 Å². The Morgan fingerprint density at radius 1 is 1.10 bits per heavy atom. The van der Waals surface area contributed by atoms with E-state index in [0.717, 1.165) is 18.6 Å². The molecule has 0 aliphatic carbocycles. The lowest BCUT2D eigenvalue weighted by molar-refractivity contribution is 0.159. The van der Waals surface area contributed by atoms with Gasteiger partial charge in [-0.25, -0.2) is 0 Å². The van der Waals surface area contributed by atoms with Crippen molar-refractivity contribution in [3.8, 4) is 0 Å². The number of rotatable bonds is 8. The summed E-state index contributed by atoms with van der Waals surface area (Å²) >= 11 is 0. The first-order chi connectivity index (χ1) is 9.80. The maximum Gasteiger partial charge on any atom is 0.0247 e. The second-order valence-electron chi connectivity index (χ2n) is 6.61. The van der Waals surface area contributed by atoms with Gasteiger partial charge in [-0.1, -0.05) is 27.2 Å². The summed E-state index contributed by atoms with van der Waals surface area (Å²) in [7, 11) is 0. The Balaban J connectivity index is 1.90. The first kappa shape index (κ1) is 16.3. The molecule has 2 rings (SSSR count). The van der Waals surface area contributed by atoms with Gasteiger partial charge in [0, 0.05) is 31.2 Å². The van der Waals surface area contributed by atoms with E-state index in [1.54, 1.807) is 0 Å². The van der Waals surface area contributed by atoms with Gasteiger partial charge >= 0.3 is 0 Å². The predicted molar refractivity (Wildman–Crippen MR) is 87.2 cm³/mol. The van der Waals surface area contributed by atoms with Crippen molar-refractivity contribution in [2.24, 2.45) is 0 Å². The highest BCUT2D eigenvalue weighted by Crippen LogP contribution is 2.24. The molecule has 2 fully saturated rings. The molecule has 3 heteroatoms. The predicted octanol–water partition coefficient (Wildman–Crippen LogP) is 2.71. The van der Waals surface area contributed by atoms with Gasteiger partial charge in [-0.3, -0.25) is 9.80 Å². The lowest BCUT2D eigenvalue weighted by Gasteiger charge is -2.35. The molecule has 0 amide bonds. The van der Waals surface area contributed by atoms with E-state index in [1.807, 2.05) is 0 Å². The Kier molecular flexibility index (Phi) is 6.79. The maximum atomic E-state index is 3.74. The standard InChI is InChI=1S/C17H35N3/c1-4-9-16(18-6-3)17(5-2)20-13-10-15(14-20)19-11-7-8-12-19/h15-18H,4-14H2,1-3H3. The fourth-order valence-corrected chi connectivity index (χ4v) is 4.27. The van der Waals surface area contributed by atoms with Crippen molar-refractivity contribution in [1.82, 2.24) is 15.1 Å². The van der Waals surface area contributed by atoms with Gasteiger partial charge in [-0.15, -0.1) is 0 Å². The molecule has 2 heterocycles. The number of nitrogens with one attached hydrogen (secondary N) is 1. The lowest BCUT2D eigenvalue weighted by atomic mass is 9.99. The molecule has 3 unspecified atom stereocenters. The van der Waals surface area contributed by atoms with Crippen LogP contribution in [-0.2, 0) is 0 Å². The Morgan fingerprint density at radius 3 is 2.45 bits per heavy atom. The van der Waals surface area contributed by atoms with E-state index in [9.17, 15) is 0 Å². The van der Waals surface area contributed by atoms with Crippen LogP contribution in [0.1, 0.15) is 59.3 Å². The van der Waals surface area contributed by atoms with E-state index in [4.69, 9.17) is 0 Å². The summed E-state index contributed by atoms with van der Waals surface area (Å²) in [5.41, 5.74) is 0. The van der Waals surface area contributed by atoms with Crippen molar-refractivity contribution in [3.63, 3.8) is 0 Å². The monoisotopic (exact) mass is 281 g/mol. The molecule has 2 saturated heterocycles. The molecule has 3 atom stereocenters. The zero-order valence-electron chi connectivity index (χ0n) is 13.9. The van der Waals surface area contributed by atoms with Gasteiger partial charge < -0.3 is 5.32 Å². The van der Waals surface area contributed by atoms with E-state index in [-0.39, 0.29) is 0 Å². The van der Waals surface area contributed by atoms with Crippen molar-refractivity contribution in [3.05, 3.63) is 0 Å². The Bertz CT molecular complexity index is 257. The van der Waals surface area contributed by atoms with Crippen molar-refractivity contribution in [2.45, 2.75) is 77.4 Å². The largest absolute Gasteiger partial charge is 0.313 e. The van der Waals surface area contributed by atoms with Gasteiger partial charge in [0.25, 0.3) is 0 Å². The highest BCUT2D eigenvalue weighted by molar-refractivity contribution is 4.92. The average molecular weight is 281 g/mol. The second kappa shape index (κ2) is 8.35. The lowest BCUT2D eigenvalue weighted by Crippen LogP contribution is -2.50. The summed E-state index contributed by atoms with van der Waals surface area (Å²) in [4.78, 5) is 5.53. The Hall–Kier alpha value is -0.120. The van der Waals surface area contributed by atoms with E-state index in [1.165, 1.54) is 64.7 Å². The molecule has 0 radical (unpaired) electrons. The van der Waals surface area contributed by atoms with Gasteiger partial charge in [0.1, 0.15) is 0 Å². The van der Waals surface area contributed by atoms with Crippen LogP contribution in [0, 0.1) is 0 Å². The van der Waals surface area contributed by atoms with Crippen LogP contribution in [0.2, 0.25) is 0 Å². The maximum absolute atomic E-state index is 3.74. The van der Waals surface area contributed by atoms with Crippen LogP contribution in [0.25, 0.3) is 0 Å². The number of hydrogen-bond acceptors (Lipinski definition) is 3. The second-order valence-corrected chi connectivity index (χ2v) is 6.61. The SMILES string of the molecule is CCCC(NCC)C(CC)N1CCC(N2CCCC2)C1. The van der Waals surface area contributed by atoms with E-state index in [0.29, 0.717) is 6.04 Å². The quantitative estimate of drug-likeness (QED) is 0.738. The van der Waals surface area contributed by atoms with Crippen LogP contribution in [0.15, 0.2) is 0 Å². The third-order valence-electron chi connectivity index (χ3n) is 5.27. The normalized spacial score (nSPS) is 28.1. The molecule has 3 nitrogen and oxygen atoms in total. The Labute approximate surface area is 126 Å². The summed E-state index contributed by atoms with van der Waals surface area (Å²) in [6.45, 7) is 13.3. The van der Waals surface area contributed by atoms with Crippen LogP contribution in [0.3, 0.4) is 0 Å². The summed E-state index contributed by atoms with van der Waals surface area (Å²) in [6.07, 6.45) is 8.12. The molecule has 118 valence electrons. The van der Waals surface area contributed by atoms with E-state index < -0.39 is 0 Å². The van der Waals surface area contributed by atoms with Crippen LogP contribution in [0.4, 0.5) is 0 Å². The first-order valence-electron chi connectivity index (χ1n) is 9.01. The average Bonchev–Trinajstić information content (AvgIpc) is 3.11. The van der Waals surface area contributed by atoms with Gasteiger partial charge in [-0.2, -0.15) is 0 Å². The third-order valence-corrected chi connectivity index (χ3v) is 5.27. The van der Waals surface area contributed by atoms with Crippen LogP contribution in [-0.4, -0.2) is 60.6 Å². The van der Waals surface area contributed by atoms with E-state index >= 15 is 0 Å². The van der Waals surface area contributed by atoms with Crippen molar-refractivity contribution >= 4 is 0 Å². The molecule has 2 aliphatic rings. The highest BCUT2D eigenvalue weighted by Gasteiger charge is 2.34. The Morgan fingerprint density at radius 2 is 1.85 bits per heavy atom. The fraction of sp³-hybridized carbons (Fsp3) is 1.00. The topological polar surface area (TPSA) is 18.5 Å². The molecule has 1 N–H and O–H groups in total. The van der Waals surface area contributed by atoms with Crippen molar-refractivity contribution in [2.75, 3.05) is 32.7 Å². The summed E-state index contributed by atoms with van der Waals surface area (Å²) in [5.74, 6) is 0. The minimum atomic E-state index is 0.687. The van der Waals surface area contributed by atoms with Gasteiger partial charge in [0.2, 0.25) is 0 Å². The molecule has 2 aliphatic heterocycles. The number of nitrogens with zero attached hydrogens (tertiary/aromatic N) is 2. The van der Waals surface area contributed by atoms with Gasteiger partial charge in [0.05, 0.1) is 0 Å². The first-order valence-corrected chi connectivity index (χ1v) is 9.01. The number of likely N-dealkylation sites (N-methyl/N-ethyl adjacent to an activating group) is 1. The molecule has 0 spiro atoms. The van der Waals surface area contributed by atoms with E-state index in [2.05, 4.69) is 35.9 Å². The van der Waals surface area contributed by atoms with Gasteiger partial charge in [0.15, 0.2) is 0 Å². The fourth-order valence-electron chi connectivity index (χ4n) is 4.27. The third kappa shape index (κ3) is 3.96. The zero-order chi connectivity index (χ0) is 14.4. The molecule has 0 aromatic carbocycles. The smallest absolute Gasteiger partial charge is 0.0247 e. The summed E-state index contributed by atoms with van der Waals surface area (Å²) < 4.78 is 0. The molecule has 20 heavy (non-hydrogen) atoms. The number of likely N-dealkylation sites (tertiary alicyclic amines) is 2. The van der Waals surface area contributed by atoms with Crippen LogP contribution >= 0.6 is 0 Å². The minimum absolute atomic E-state index is 0.687. The number of hydrogen-bond donors (Lipinski definition) is 1. The molecular weight excluding hydrogens is 246 g/mol. The van der Waals surface area contributed by atoms with Crippen molar-refractivity contribution in [1.29, 1.82) is 0 Å². The molecule has 0 aromatic rings. The molecule has 0 bridgehead atoms. The van der Waals surface area contributed by atoms with Crippen LogP contribution in [0.5, 0.6) is 0 Å². The minimum Gasteiger partial charge on any atom is -0.313 e. The zero-order valence-corrected chi connectivity index (χ0v) is 13.9.